The fourth-order valence-electron chi connectivity index (χ4n) is 4.05. The average Bonchev–Trinajstić information content (AvgIpc) is 2.78. The third-order valence-corrected chi connectivity index (χ3v) is 6.00. The fourth-order valence-corrected chi connectivity index (χ4v) is 4.05. The van der Waals surface area contributed by atoms with Crippen LogP contribution in [0.25, 0.3) is 0 Å². The second kappa shape index (κ2) is 9.86. The molecule has 6 heteroatoms. The Kier molecular flexibility index (Phi) is 7.21. The van der Waals surface area contributed by atoms with Crippen LogP contribution >= 0.6 is 0 Å². The third kappa shape index (κ3) is 4.84. The number of nitrogens with one attached hydrogen (secondary N) is 1. The zero-order valence-electron chi connectivity index (χ0n) is 19.0. The number of ether oxygens (including phenoxy) is 2. The number of benzene rings is 2. The molecule has 0 aromatic heterocycles. The van der Waals surface area contributed by atoms with Gasteiger partial charge in [-0.25, -0.2) is 0 Å². The lowest BCUT2D eigenvalue weighted by Gasteiger charge is -2.41. The zero-order chi connectivity index (χ0) is 22.5. The molecule has 2 amide bonds. The molecule has 0 spiro atoms. The van der Waals surface area contributed by atoms with Crippen molar-refractivity contribution in [2.45, 2.75) is 52.1 Å². The van der Waals surface area contributed by atoms with Gasteiger partial charge in [-0.3, -0.25) is 9.59 Å². The van der Waals surface area contributed by atoms with Gasteiger partial charge in [-0.2, -0.15) is 0 Å². The number of nitrogens with zero attached hydrogens (tertiary/aromatic N) is 1. The van der Waals surface area contributed by atoms with Gasteiger partial charge in [0.2, 0.25) is 11.8 Å². The summed E-state index contributed by atoms with van der Waals surface area (Å²) in [5.41, 5.74) is 2.74. The van der Waals surface area contributed by atoms with Crippen LogP contribution < -0.4 is 19.7 Å². The zero-order valence-corrected chi connectivity index (χ0v) is 19.0. The quantitative estimate of drug-likeness (QED) is 0.715. The van der Waals surface area contributed by atoms with Crippen molar-refractivity contribution in [2.75, 3.05) is 19.1 Å². The lowest BCUT2D eigenvalue weighted by molar-refractivity contribution is -0.129. The minimum Gasteiger partial charge on any atom is -0.493 e. The van der Waals surface area contributed by atoms with Gasteiger partial charge in [0.15, 0.2) is 11.5 Å². The Morgan fingerprint density at radius 1 is 1.13 bits per heavy atom. The molecule has 2 aromatic rings. The standard InChI is InChI=1S/C25H32N2O4/c1-6-17(3)26-25(29)20-12-14-23(28)27(19-10-7-16(2)8-11-19)24(20)18-9-13-21(30-4)22(15-18)31-5/h7-11,13,15,17,20,24H,6,12,14H2,1-5H3,(H,26,29). The van der Waals surface area contributed by atoms with Crippen molar-refractivity contribution in [2.24, 2.45) is 5.92 Å². The molecule has 0 aliphatic carbocycles. The molecule has 1 fully saturated rings. The van der Waals surface area contributed by atoms with E-state index in [1.165, 1.54) is 0 Å². The Morgan fingerprint density at radius 2 is 1.81 bits per heavy atom. The van der Waals surface area contributed by atoms with Gasteiger partial charge in [0, 0.05) is 18.2 Å². The van der Waals surface area contributed by atoms with Crippen LogP contribution in [0, 0.1) is 12.8 Å². The second-order valence-electron chi connectivity index (χ2n) is 8.12. The summed E-state index contributed by atoms with van der Waals surface area (Å²) >= 11 is 0. The van der Waals surface area contributed by atoms with Gasteiger partial charge in [0.1, 0.15) is 0 Å². The molecule has 0 saturated carbocycles. The highest BCUT2D eigenvalue weighted by molar-refractivity contribution is 5.97. The van der Waals surface area contributed by atoms with Crippen molar-refractivity contribution < 1.29 is 19.1 Å². The summed E-state index contributed by atoms with van der Waals surface area (Å²) in [6.45, 7) is 6.05. The number of piperidine rings is 1. The average molecular weight is 425 g/mol. The first-order valence-corrected chi connectivity index (χ1v) is 10.8. The number of aryl methyl sites for hydroxylation is 1. The van der Waals surface area contributed by atoms with Crippen molar-refractivity contribution in [3.8, 4) is 11.5 Å². The van der Waals surface area contributed by atoms with Crippen LogP contribution in [-0.4, -0.2) is 32.1 Å². The van der Waals surface area contributed by atoms with Crippen LogP contribution in [0.2, 0.25) is 0 Å². The fraction of sp³-hybridized carbons (Fsp3) is 0.440. The third-order valence-electron chi connectivity index (χ3n) is 6.00. The molecule has 1 heterocycles. The summed E-state index contributed by atoms with van der Waals surface area (Å²) in [5, 5.41) is 3.11. The number of hydrogen-bond acceptors (Lipinski definition) is 4. The number of amides is 2. The van der Waals surface area contributed by atoms with Crippen LogP contribution in [0.5, 0.6) is 11.5 Å². The Morgan fingerprint density at radius 3 is 2.42 bits per heavy atom. The van der Waals surface area contributed by atoms with Crippen molar-refractivity contribution >= 4 is 17.5 Å². The van der Waals surface area contributed by atoms with Crippen LogP contribution in [0.15, 0.2) is 42.5 Å². The molecular formula is C25H32N2O4. The van der Waals surface area contributed by atoms with E-state index in [2.05, 4.69) is 5.32 Å². The minimum atomic E-state index is -0.437. The number of carbonyl (C=O) groups excluding carboxylic acids is 2. The molecule has 0 radical (unpaired) electrons. The maximum absolute atomic E-state index is 13.3. The highest BCUT2D eigenvalue weighted by atomic mass is 16.5. The van der Waals surface area contributed by atoms with Gasteiger partial charge in [0.25, 0.3) is 0 Å². The summed E-state index contributed by atoms with van der Waals surface area (Å²) in [5.74, 6) is 0.792. The number of methoxy groups -OCH3 is 2. The molecule has 1 N–H and O–H groups in total. The smallest absolute Gasteiger partial charge is 0.227 e. The van der Waals surface area contributed by atoms with Crippen LogP contribution in [0.1, 0.15) is 50.3 Å². The molecule has 1 aliphatic rings. The van der Waals surface area contributed by atoms with Crippen LogP contribution in [0.3, 0.4) is 0 Å². The largest absolute Gasteiger partial charge is 0.493 e. The van der Waals surface area contributed by atoms with E-state index in [0.29, 0.717) is 24.3 Å². The molecule has 3 rings (SSSR count). The van der Waals surface area contributed by atoms with E-state index >= 15 is 0 Å². The predicted molar refractivity (Wildman–Crippen MR) is 122 cm³/mol. The lowest BCUT2D eigenvalue weighted by Crippen LogP contribution is -2.49. The Hall–Kier alpha value is -3.02. The van der Waals surface area contributed by atoms with Crippen molar-refractivity contribution in [1.82, 2.24) is 5.32 Å². The molecule has 6 nitrogen and oxygen atoms in total. The van der Waals surface area contributed by atoms with Crippen molar-refractivity contribution in [1.29, 1.82) is 0 Å². The summed E-state index contributed by atoms with van der Waals surface area (Å²) in [6.07, 6.45) is 1.68. The molecule has 166 valence electrons. The predicted octanol–water partition coefficient (Wildman–Crippen LogP) is 4.41. The number of rotatable bonds is 7. The van der Waals surface area contributed by atoms with E-state index in [1.807, 2.05) is 63.2 Å². The summed E-state index contributed by atoms with van der Waals surface area (Å²) in [4.78, 5) is 28.2. The van der Waals surface area contributed by atoms with E-state index in [0.717, 1.165) is 23.2 Å². The van der Waals surface area contributed by atoms with E-state index < -0.39 is 6.04 Å². The lowest BCUT2D eigenvalue weighted by atomic mass is 9.82. The highest BCUT2D eigenvalue weighted by Gasteiger charge is 2.42. The van der Waals surface area contributed by atoms with E-state index in [9.17, 15) is 9.59 Å². The van der Waals surface area contributed by atoms with Gasteiger partial charge in [-0.15, -0.1) is 0 Å². The highest BCUT2D eigenvalue weighted by Crippen LogP contribution is 2.42. The van der Waals surface area contributed by atoms with Gasteiger partial charge in [-0.05, 0) is 56.5 Å². The Labute approximate surface area is 184 Å². The normalized spacial score (nSPS) is 19.6. The maximum atomic E-state index is 13.3. The van der Waals surface area contributed by atoms with Crippen molar-refractivity contribution in [3.63, 3.8) is 0 Å². The molecule has 31 heavy (non-hydrogen) atoms. The topological polar surface area (TPSA) is 67.9 Å². The number of carbonyl (C=O) groups is 2. The summed E-state index contributed by atoms with van der Waals surface area (Å²) in [7, 11) is 3.17. The van der Waals surface area contributed by atoms with E-state index in [4.69, 9.17) is 9.47 Å². The first-order valence-electron chi connectivity index (χ1n) is 10.8. The first-order chi connectivity index (χ1) is 14.9. The SMILES string of the molecule is CCC(C)NC(=O)C1CCC(=O)N(c2ccc(C)cc2)C1c1ccc(OC)c(OC)c1. The number of hydrogen-bond donors (Lipinski definition) is 1. The van der Waals surface area contributed by atoms with Crippen molar-refractivity contribution in [3.05, 3.63) is 53.6 Å². The molecule has 2 aromatic carbocycles. The van der Waals surface area contributed by atoms with Crippen LogP contribution in [0.4, 0.5) is 5.69 Å². The second-order valence-corrected chi connectivity index (χ2v) is 8.12. The monoisotopic (exact) mass is 424 g/mol. The first kappa shape index (κ1) is 22.7. The Balaban J connectivity index is 2.10. The van der Waals surface area contributed by atoms with E-state index in [-0.39, 0.29) is 23.8 Å². The molecule has 0 bridgehead atoms. The number of anilines is 1. The van der Waals surface area contributed by atoms with Gasteiger partial charge in [0.05, 0.1) is 26.2 Å². The summed E-state index contributed by atoms with van der Waals surface area (Å²) in [6, 6.07) is 13.1. The molecule has 3 unspecified atom stereocenters. The molecule has 3 atom stereocenters. The summed E-state index contributed by atoms with van der Waals surface area (Å²) < 4.78 is 10.9. The van der Waals surface area contributed by atoms with Gasteiger partial charge >= 0.3 is 0 Å². The Bertz CT molecular complexity index is 926. The van der Waals surface area contributed by atoms with Gasteiger partial charge in [-0.1, -0.05) is 30.7 Å². The van der Waals surface area contributed by atoms with Gasteiger partial charge < -0.3 is 19.7 Å². The minimum absolute atomic E-state index is 0.0104. The maximum Gasteiger partial charge on any atom is 0.227 e. The molecule has 1 aliphatic heterocycles. The van der Waals surface area contributed by atoms with E-state index in [1.54, 1.807) is 19.1 Å². The van der Waals surface area contributed by atoms with Crippen LogP contribution in [-0.2, 0) is 9.59 Å². The molecular weight excluding hydrogens is 392 g/mol. The molecule has 1 saturated heterocycles.